The lowest BCUT2D eigenvalue weighted by atomic mass is 10.0. The van der Waals surface area contributed by atoms with Gasteiger partial charge in [0.05, 0.1) is 23.4 Å². The maximum Gasteiger partial charge on any atom is 0.232 e. The molecule has 140 valence electrons. The number of benzene rings is 1. The second-order valence-corrected chi connectivity index (χ2v) is 9.08. The molecule has 1 fully saturated rings. The van der Waals surface area contributed by atoms with Crippen molar-refractivity contribution in [2.45, 2.75) is 25.7 Å². The molecule has 0 radical (unpaired) electrons. The molecule has 0 bridgehead atoms. The molecule has 2 aromatic heterocycles. The number of fused-ring (bicyclic) bond motifs is 2. The zero-order valence-corrected chi connectivity index (χ0v) is 16.7. The maximum absolute atomic E-state index is 12.5. The van der Waals surface area contributed by atoms with Gasteiger partial charge in [-0.1, -0.05) is 17.4 Å². The zero-order chi connectivity index (χ0) is 18.4. The van der Waals surface area contributed by atoms with E-state index in [1.165, 1.54) is 23.4 Å². The lowest BCUT2D eigenvalue weighted by molar-refractivity contribution is -0.120. The molecule has 0 unspecified atom stereocenters. The Bertz CT molecular complexity index is 983. The van der Waals surface area contributed by atoms with Gasteiger partial charge in [-0.05, 0) is 37.8 Å². The van der Waals surface area contributed by atoms with E-state index in [4.69, 9.17) is 9.72 Å². The lowest BCUT2D eigenvalue weighted by Crippen LogP contribution is -2.52. The molecule has 3 aromatic rings. The molecule has 27 heavy (non-hydrogen) atoms. The largest absolute Gasteiger partial charge is 0.494 e. The summed E-state index contributed by atoms with van der Waals surface area (Å²) in [5.41, 5.74) is 2.07. The molecule has 1 aliphatic heterocycles. The van der Waals surface area contributed by atoms with Crippen molar-refractivity contribution in [3.63, 3.8) is 0 Å². The van der Waals surface area contributed by atoms with Crippen molar-refractivity contribution >= 4 is 49.1 Å². The van der Waals surface area contributed by atoms with E-state index in [1.54, 1.807) is 29.8 Å². The highest BCUT2D eigenvalue weighted by Crippen LogP contribution is 2.37. The van der Waals surface area contributed by atoms with Crippen molar-refractivity contribution in [2.24, 2.45) is 5.92 Å². The summed E-state index contributed by atoms with van der Waals surface area (Å²) in [6.45, 7) is 1.39. The minimum atomic E-state index is -0.0140. The van der Waals surface area contributed by atoms with Crippen LogP contribution in [0, 0.1) is 5.92 Å². The smallest absolute Gasteiger partial charge is 0.232 e. The normalized spacial score (nSPS) is 16.9. The fourth-order valence-electron chi connectivity index (χ4n) is 3.63. The van der Waals surface area contributed by atoms with Crippen LogP contribution in [0.3, 0.4) is 0 Å². The number of para-hydroxylation sites is 1. The number of thiazole rings is 2. The summed E-state index contributed by atoms with van der Waals surface area (Å²) in [5.74, 6) is 0.841. The van der Waals surface area contributed by atoms with Crippen LogP contribution in [0.5, 0.6) is 5.75 Å². The summed E-state index contributed by atoms with van der Waals surface area (Å²) < 4.78 is 6.49. The van der Waals surface area contributed by atoms with Gasteiger partial charge in [0.25, 0.3) is 0 Å². The van der Waals surface area contributed by atoms with Gasteiger partial charge in [-0.25, -0.2) is 9.97 Å². The highest BCUT2D eigenvalue weighted by atomic mass is 32.1. The second kappa shape index (κ2) is 6.76. The third kappa shape index (κ3) is 3.06. The van der Waals surface area contributed by atoms with Gasteiger partial charge < -0.3 is 15.0 Å². The first-order valence-electron chi connectivity index (χ1n) is 9.19. The number of aryl methyl sites for hydroxylation is 2. The average molecular weight is 401 g/mol. The van der Waals surface area contributed by atoms with Gasteiger partial charge in [0.1, 0.15) is 11.3 Å². The Labute approximate surface area is 165 Å². The first-order chi connectivity index (χ1) is 13.2. The minimum absolute atomic E-state index is 0.0140. The quantitative estimate of drug-likeness (QED) is 0.723. The fourth-order valence-corrected chi connectivity index (χ4v) is 5.68. The zero-order valence-electron chi connectivity index (χ0n) is 15.0. The number of nitrogens with one attached hydrogen (secondary N) is 1. The summed E-state index contributed by atoms with van der Waals surface area (Å²) in [6.07, 6.45) is 4.57. The standard InChI is InChI=1S/C19H20N4O2S2/c1-25-13-6-4-8-15-16(13)21-19(27-15)23-9-11(10-23)17(24)22-18-20-12-5-2-3-7-14(12)26-18/h4,6,8,11H,2-3,5,7,9-10H2,1H3,(H,20,22,24). The number of nitrogens with zero attached hydrogens (tertiary/aromatic N) is 3. The van der Waals surface area contributed by atoms with Gasteiger partial charge in [-0.2, -0.15) is 0 Å². The Morgan fingerprint density at radius 3 is 2.89 bits per heavy atom. The third-order valence-electron chi connectivity index (χ3n) is 5.19. The number of anilines is 2. The van der Waals surface area contributed by atoms with Crippen LogP contribution in [0.1, 0.15) is 23.4 Å². The van der Waals surface area contributed by atoms with Crippen LogP contribution in [-0.2, 0) is 17.6 Å². The molecule has 1 aromatic carbocycles. The van der Waals surface area contributed by atoms with Crippen molar-refractivity contribution in [3.05, 3.63) is 28.8 Å². The van der Waals surface area contributed by atoms with Crippen LogP contribution in [0.2, 0.25) is 0 Å². The first-order valence-corrected chi connectivity index (χ1v) is 10.8. The molecule has 2 aliphatic rings. The summed E-state index contributed by atoms with van der Waals surface area (Å²) in [5, 5.41) is 4.73. The van der Waals surface area contributed by atoms with E-state index >= 15 is 0 Å². The monoisotopic (exact) mass is 400 g/mol. The van der Waals surface area contributed by atoms with Crippen molar-refractivity contribution in [1.29, 1.82) is 0 Å². The van der Waals surface area contributed by atoms with Crippen LogP contribution in [-0.4, -0.2) is 36.1 Å². The Balaban J connectivity index is 1.24. The highest BCUT2D eigenvalue weighted by Gasteiger charge is 2.35. The van der Waals surface area contributed by atoms with Gasteiger partial charge in [-0.3, -0.25) is 4.79 Å². The summed E-state index contributed by atoms with van der Waals surface area (Å²) in [6, 6.07) is 5.95. The van der Waals surface area contributed by atoms with Crippen molar-refractivity contribution in [3.8, 4) is 5.75 Å². The molecule has 1 aliphatic carbocycles. The predicted molar refractivity (Wildman–Crippen MR) is 109 cm³/mol. The second-order valence-electron chi connectivity index (χ2n) is 6.99. The number of carbonyl (C=O) groups excluding carboxylic acids is 1. The van der Waals surface area contributed by atoms with E-state index in [-0.39, 0.29) is 11.8 Å². The molecule has 3 heterocycles. The first kappa shape index (κ1) is 16.9. The minimum Gasteiger partial charge on any atom is -0.494 e. The van der Waals surface area contributed by atoms with E-state index in [1.807, 2.05) is 18.2 Å². The van der Waals surface area contributed by atoms with Crippen molar-refractivity contribution in [2.75, 3.05) is 30.4 Å². The van der Waals surface area contributed by atoms with Crippen molar-refractivity contribution < 1.29 is 9.53 Å². The number of methoxy groups -OCH3 is 1. The Morgan fingerprint density at radius 2 is 2.07 bits per heavy atom. The van der Waals surface area contributed by atoms with Crippen LogP contribution < -0.4 is 15.0 Å². The fraction of sp³-hybridized carbons (Fsp3) is 0.421. The van der Waals surface area contributed by atoms with E-state index in [9.17, 15) is 4.79 Å². The molecule has 8 heteroatoms. The number of hydrogen-bond donors (Lipinski definition) is 1. The molecule has 5 rings (SSSR count). The van der Waals surface area contributed by atoms with E-state index < -0.39 is 0 Å². The summed E-state index contributed by atoms with van der Waals surface area (Å²) in [7, 11) is 1.66. The van der Waals surface area contributed by atoms with Gasteiger partial charge >= 0.3 is 0 Å². The van der Waals surface area contributed by atoms with E-state index in [0.29, 0.717) is 13.1 Å². The highest BCUT2D eigenvalue weighted by molar-refractivity contribution is 7.22. The van der Waals surface area contributed by atoms with Crippen LogP contribution in [0.4, 0.5) is 10.3 Å². The molecular formula is C19H20N4O2S2. The Hall–Kier alpha value is -2.19. The van der Waals surface area contributed by atoms with Gasteiger partial charge in [-0.15, -0.1) is 11.3 Å². The molecule has 1 saturated heterocycles. The topological polar surface area (TPSA) is 67.3 Å². The molecule has 1 amide bonds. The average Bonchev–Trinajstić information content (AvgIpc) is 3.23. The number of hydrogen-bond acceptors (Lipinski definition) is 7. The number of rotatable bonds is 4. The summed E-state index contributed by atoms with van der Waals surface area (Å²) in [4.78, 5) is 25.4. The van der Waals surface area contributed by atoms with Crippen LogP contribution in [0.25, 0.3) is 10.2 Å². The molecule has 0 spiro atoms. The SMILES string of the molecule is COc1cccc2sc(N3CC(C(=O)Nc4nc5c(s4)CCCC5)C3)nc12. The Kier molecular flexibility index (Phi) is 4.24. The maximum atomic E-state index is 12.5. The van der Waals surface area contributed by atoms with Gasteiger partial charge in [0, 0.05) is 18.0 Å². The predicted octanol–water partition coefficient (Wildman–Crippen LogP) is 3.72. The molecular weight excluding hydrogens is 380 g/mol. The van der Waals surface area contributed by atoms with Crippen molar-refractivity contribution in [1.82, 2.24) is 9.97 Å². The third-order valence-corrected chi connectivity index (χ3v) is 7.34. The molecule has 0 atom stereocenters. The number of ether oxygens (including phenoxy) is 1. The number of amides is 1. The number of carbonyl (C=O) groups is 1. The van der Waals surface area contributed by atoms with E-state index in [0.717, 1.165) is 39.1 Å². The molecule has 1 N–H and O–H groups in total. The van der Waals surface area contributed by atoms with Crippen LogP contribution in [0.15, 0.2) is 18.2 Å². The summed E-state index contributed by atoms with van der Waals surface area (Å²) >= 11 is 3.28. The lowest BCUT2D eigenvalue weighted by Gasteiger charge is -2.37. The van der Waals surface area contributed by atoms with Crippen LogP contribution >= 0.6 is 22.7 Å². The molecule has 0 saturated carbocycles. The number of aromatic nitrogens is 2. The van der Waals surface area contributed by atoms with Gasteiger partial charge in [0.15, 0.2) is 10.3 Å². The molecule has 6 nitrogen and oxygen atoms in total. The van der Waals surface area contributed by atoms with E-state index in [2.05, 4.69) is 15.2 Å². The Morgan fingerprint density at radius 1 is 1.22 bits per heavy atom. The van der Waals surface area contributed by atoms with Gasteiger partial charge in [0.2, 0.25) is 5.91 Å².